The smallest absolute Gasteiger partial charge is 0.326 e. The molecule has 0 aromatic heterocycles. The third-order valence-electron chi connectivity index (χ3n) is 2.68. The average Bonchev–Trinajstić information content (AvgIpc) is 2.32. The SMILES string of the molecule is CCN(CCCN(C)C)C(=O)N[C@@H](CC(=O)O)C(=O)O. The first-order valence-corrected chi connectivity index (χ1v) is 6.42. The molecule has 0 unspecified atom stereocenters. The van der Waals surface area contributed by atoms with E-state index in [4.69, 9.17) is 10.2 Å². The van der Waals surface area contributed by atoms with Gasteiger partial charge in [0.1, 0.15) is 6.04 Å². The monoisotopic (exact) mass is 289 g/mol. The molecule has 0 spiro atoms. The Morgan fingerprint density at radius 3 is 2.15 bits per heavy atom. The van der Waals surface area contributed by atoms with Crippen LogP contribution in [0.3, 0.4) is 0 Å². The maximum absolute atomic E-state index is 11.9. The van der Waals surface area contributed by atoms with E-state index in [1.54, 1.807) is 6.92 Å². The van der Waals surface area contributed by atoms with Crippen molar-refractivity contribution in [3.05, 3.63) is 0 Å². The number of rotatable bonds is 9. The Morgan fingerprint density at radius 1 is 1.15 bits per heavy atom. The fourth-order valence-electron chi connectivity index (χ4n) is 1.60. The highest BCUT2D eigenvalue weighted by atomic mass is 16.4. The summed E-state index contributed by atoms with van der Waals surface area (Å²) < 4.78 is 0. The fraction of sp³-hybridized carbons (Fsp3) is 0.750. The maximum Gasteiger partial charge on any atom is 0.326 e. The van der Waals surface area contributed by atoms with E-state index in [0.29, 0.717) is 13.1 Å². The largest absolute Gasteiger partial charge is 0.481 e. The second kappa shape index (κ2) is 9.13. The molecule has 2 amide bonds. The predicted molar refractivity (Wildman–Crippen MR) is 72.6 cm³/mol. The van der Waals surface area contributed by atoms with Gasteiger partial charge >= 0.3 is 18.0 Å². The summed E-state index contributed by atoms with van der Waals surface area (Å²) in [7, 11) is 3.84. The summed E-state index contributed by atoms with van der Waals surface area (Å²) in [6, 6.07) is -1.97. The summed E-state index contributed by atoms with van der Waals surface area (Å²) in [5, 5.41) is 19.7. The molecule has 0 bridgehead atoms. The third kappa shape index (κ3) is 7.57. The van der Waals surface area contributed by atoms with E-state index in [1.807, 2.05) is 19.0 Å². The van der Waals surface area contributed by atoms with Gasteiger partial charge < -0.3 is 25.3 Å². The van der Waals surface area contributed by atoms with Crippen molar-refractivity contribution in [1.82, 2.24) is 15.1 Å². The van der Waals surface area contributed by atoms with Crippen LogP contribution in [0.15, 0.2) is 0 Å². The highest BCUT2D eigenvalue weighted by molar-refractivity contribution is 5.86. The quantitative estimate of drug-likeness (QED) is 0.546. The van der Waals surface area contributed by atoms with Crippen molar-refractivity contribution in [2.45, 2.75) is 25.8 Å². The zero-order valence-electron chi connectivity index (χ0n) is 12.1. The third-order valence-corrected chi connectivity index (χ3v) is 2.68. The minimum atomic E-state index is -1.41. The predicted octanol–water partition coefficient (Wildman–Crippen LogP) is -0.102. The molecule has 0 aromatic rings. The Hall–Kier alpha value is -1.83. The molecule has 0 saturated carbocycles. The zero-order chi connectivity index (χ0) is 15.7. The van der Waals surface area contributed by atoms with Gasteiger partial charge in [-0.15, -0.1) is 0 Å². The van der Waals surface area contributed by atoms with Crippen LogP contribution < -0.4 is 5.32 Å². The molecule has 0 aliphatic carbocycles. The molecular formula is C12H23N3O5. The minimum absolute atomic E-state index is 0.429. The molecule has 0 aliphatic heterocycles. The molecular weight excluding hydrogens is 266 g/mol. The maximum atomic E-state index is 11.9. The molecule has 0 saturated heterocycles. The van der Waals surface area contributed by atoms with Crippen LogP contribution in [0.2, 0.25) is 0 Å². The van der Waals surface area contributed by atoms with Crippen LogP contribution in [0.5, 0.6) is 0 Å². The van der Waals surface area contributed by atoms with Crippen LogP contribution >= 0.6 is 0 Å². The normalized spacial score (nSPS) is 12.0. The van der Waals surface area contributed by atoms with E-state index >= 15 is 0 Å². The van der Waals surface area contributed by atoms with Crippen LogP contribution in [-0.2, 0) is 9.59 Å². The second-order valence-corrected chi connectivity index (χ2v) is 4.67. The van der Waals surface area contributed by atoms with E-state index in [2.05, 4.69) is 5.32 Å². The lowest BCUT2D eigenvalue weighted by atomic mass is 10.2. The molecule has 0 radical (unpaired) electrons. The number of aliphatic carboxylic acids is 2. The van der Waals surface area contributed by atoms with Crippen molar-refractivity contribution < 1.29 is 24.6 Å². The Bertz CT molecular complexity index is 346. The number of hydrogen-bond acceptors (Lipinski definition) is 4. The van der Waals surface area contributed by atoms with Crippen molar-refractivity contribution in [3.63, 3.8) is 0 Å². The van der Waals surface area contributed by atoms with Crippen LogP contribution in [0.4, 0.5) is 4.79 Å². The van der Waals surface area contributed by atoms with Gasteiger partial charge in [0, 0.05) is 13.1 Å². The lowest BCUT2D eigenvalue weighted by Crippen LogP contribution is -2.49. The molecule has 0 rings (SSSR count). The number of nitrogens with one attached hydrogen (secondary N) is 1. The Kier molecular flexibility index (Phi) is 8.30. The molecule has 1 atom stereocenters. The van der Waals surface area contributed by atoms with E-state index in [9.17, 15) is 14.4 Å². The number of amides is 2. The molecule has 20 heavy (non-hydrogen) atoms. The van der Waals surface area contributed by atoms with Gasteiger partial charge in [0.25, 0.3) is 0 Å². The van der Waals surface area contributed by atoms with Crippen molar-refractivity contribution in [2.75, 3.05) is 33.7 Å². The number of carboxylic acids is 2. The molecule has 0 aromatic carbocycles. The van der Waals surface area contributed by atoms with Gasteiger partial charge in [-0.25, -0.2) is 9.59 Å². The topological polar surface area (TPSA) is 110 Å². The summed E-state index contributed by atoms with van der Waals surface area (Å²) in [5.41, 5.74) is 0. The van der Waals surface area contributed by atoms with Crippen molar-refractivity contribution in [1.29, 1.82) is 0 Å². The molecule has 0 heterocycles. The first-order valence-electron chi connectivity index (χ1n) is 6.42. The van der Waals surface area contributed by atoms with Gasteiger partial charge in [-0.3, -0.25) is 4.79 Å². The lowest BCUT2D eigenvalue weighted by molar-refractivity contribution is -0.145. The molecule has 116 valence electrons. The number of carboxylic acid groups (broad SMARTS) is 2. The molecule has 0 fully saturated rings. The van der Waals surface area contributed by atoms with Gasteiger partial charge in [-0.2, -0.15) is 0 Å². The zero-order valence-corrected chi connectivity index (χ0v) is 12.1. The Morgan fingerprint density at radius 2 is 1.75 bits per heavy atom. The van der Waals surface area contributed by atoms with Crippen molar-refractivity contribution in [3.8, 4) is 0 Å². The summed E-state index contributed by atoms with van der Waals surface area (Å²) >= 11 is 0. The number of nitrogens with zero attached hydrogens (tertiary/aromatic N) is 2. The first-order chi connectivity index (χ1) is 9.27. The summed E-state index contributed by atoms with van der Waals surface area (Å²) in [6.07, 6.45) is 0.112. The average molecular weight is 289 g/mol. The Balaban J connectivity index is 4.43. The number of urea groups is 1. The van der Waals surface area contributed by atoms with Gasteiger partial charge in [-0.1, -0.05) is 0 Å². The summed E-state index contributed by atoms with van der Waals surface area (Å²) in [5.74, 6) is -2.63. The number of hydrogen-bond donors (Lipinski definition) is 3. The number of carbonyl (C=O) groups is 3. The lowest BCUT2D eigenvalue weighted by Gasteiger charge is -2.24. The van der Waals surface area contributed by atoms with Gasteiger partial charge in [0.15, 0.2) is 0 Å². The molecule has 0 aliphatic rings. The van der Waals surface area contributed by atoms with E-state index in [0.717, 1.165) is 13.0 Å². The van der Waals surface area contributed by atoms with Crippen LogP contribution in [0.25, 0.3) is 0 Å². The van der Waals surface area contributed by atoms with Gasteiger partial charge in [0.05, 0.1) is 6.42 Å². The summed E-state index contributed by atoms with van der Waals surface area (Å²) in [6.45, 7) is 3.50. The van der Waals surface area contributed by atoms with Gasteiger partial charge in [0.2, 0.25) is 0 Å². The molecule has 8 heteroatoms. The fourth-order valence-corrected chi connectivity index (χ4v) is 1.60. The first kappa shape index (κ1) is 18.2. The second-order valence-electron chi connectivity index (χ2n) is 4.67. The van der Waals surface area contributed by atoms with Crippen molar-refractivity contribution >= 4 is 18.0 Å². The number of carbonyl (C=O) groups excluding carboxylic acids is 1. The molecule has 3 N–H and O–H groups in total. The summed E-state index contributed by atoms with van der Waals surface area (Å²) in [4.78, 5) is 36.8. The van der Waals surface area contributed by atoms with E-state index in [1.165, 1.54) is 4.90 Å². The van der Waals surface area contributed by atoms with Gasteiger partial charge in [-0.05, 0) is 34.0 Å². The minimum Gasteiger partial charge on any atom is -0.481 e. The highest BCUT2D eigenvalue weighted by Crippen LogP contribution is 1.98. The van der Waals surface area contributed by atoms with E-state index < -0.39 is 30.4 Å². The van der Waals surface area contributed by atoms with Crippen LogP contribution in [0.1, 0.15) is 19.8 Å². The van der Waals surface area contributed by atoms with Crippen LogP contribution in [0, 0.1) is 0 Å². The molecule has 8 nitrogen and oxygen atoms in total. The highest BCUT2D eigenvalue weighted by Gasteiger charge is 2.24. The van der Waals surface area contributed by atoms with Crippen LogP contribution in [-0.4, -0.2) is 77.8 Å². The van der Waals surface area contributed by atoms with Crippen molar-refractivity contribution in [2.24, 2.45) is 0 Å². The van der Waals surface area contributed by atoms with E-state index in [-0.39, 0.29) is 0 Å². The Labute approximate surface area is 118 Å². The standard InChI is InChI=1S/C12H23N3O5/c1-4-15(7-5-6-14(2)3)12(20)13-9(11(18)19)8-10(16)17/h9H,4-8H2,1-3H3,(H,13,20)(H,16,17)(H,18,19)/t9-/m0/s1.